The number of rotatable bonds is 4. The molecule has 0 radical (unpaired) electrons. The quantitative estimate of drug-likeness (QED) is 0.759. The van der Waals surface area contributed by atoms with Gasteiger partial charge in [0.2, 0.25) is 0 Å². The largest absolute Gasteiger partial charge is 0.321 e. The smallest absolute Gasteiger partial charge is 0.296 e. The summed E-state index contributed by atoms with van der Waals surface area (Å²) in [6, 6.07) is 9.54. The first-order valence-electron chi connectivity index (χ1n) is 5.67. The predicted molar refractivity (Wildman–Crippen MR) is 83.1 cm³/mol. The number of hydrogen-bond donors (Lipinski definition) is 3. The van der Waals surface area contributed by atoms with Crippen LogP contribution in [0, 0.1) is 0 Å². The van der Waals surface area contributed by atoms with Crippen LogP contribution >= 0.6 is 15.9 Å². The van der Waals surface area contributed by atoms with Gasteiger partial charge >= 0.3 is 0 Å². The molecular weight excluding hydrogens is 360 g/mol. The van der Waals surface area contributed by atoms with E-state index < -0.39 is 16.1 Å². The first-order chi connectivity index (χ1) is 9.85. The number of amides is 1. The zero-order valence-electron chi connectivity index (χ0n) is 10.6. The lowest BCUT2D eigenvalue weighted by atomic mass is 10.2. The number of carbonyl (C=O) groups excluding carboxylic acids is 1. The topological polar surface area (TPSA) is 114 Å². The van der Waals surface area contributed by atoms with Gasteiger partial charge in [-0.05, 0) is 46.3 Å². The van der Waals surface area contributed by atoms with Crippen molar-refractivity contribution in [3.05, 3.63) is 52.8 Å². The minimum absolute atomic E-state index is 0.224. The van der Waals surface area contributed by atoms with Gasteiger partial charge in [-0.2, -0.15) is 8.42 Å². The molecule has 1 aromatic heterocycles. The summed E-state index contributed by atoms with van der Waals surface area (Å²) in [6.45, 7) is 0. The van der Waals surface area contributed by atoms with Crippen LogP contribution in [-0.4, -0.2) is 19.3 Å². The van der Waals surface area contributed by atoms with Crippen LogP contribution in [0.25, 0.3) is 0 Å². The first kappa shape index (κ1) is 15.4. The maximum absolute atomic E-state index is 12.1. The van der Waals surface area contributed by atoms with Crippen molar-refractivity contribution in [3.8, 4) is 0 Å². The van der Waals surface area contributed by atoms with E-state index in [2.05, 4.69) is 31.0 Å². The zero-order valence-corrected chi connectivity index (χ0v) is 13.0. The second-order valence-corrected chi connectivity index (χ2v) is 6.16. The Morgan fingerprint density at radius 2 is 1.90 bits per heavy atom. The Labute approximate surface area is 129 Å². The average molecular weight is 371 g/mol. The van der Waals surface area contributed by atoms with Gasteiger partial charge in [0.05, 0.1) is 5.69 Å². The molecule has 0 spiro atoms. The molecule has 0 fully saturated rings. The molecule has 1 aromatic carbocycles. The van der Waals surface area contributed by atoms with Crippen molar-refractivity contribution < 1.29 is 13.2 Å². The number of aromatic nitrogens is 1. The fraction of sp³-hybridized carbons (Fsp3) is 0. The normalized spacial score (nSPS) is 11.0. The van der Waals surface area contributed by atoms with E-state index in [0.29, 0.717) is 10.2 Å². The van der Waals surface area contributed by atoms with Crippen LogP contribution in [0.1, 0.15) is 10.5 Å². The molecule has 0 bridgehead atoms. The van der Waals surface area contributed by atoms with E-state index in [1.807, 2.05) is 0 Å². The lowest BCUT2D eigenvalue weighted by Gasteiger charge is -2.08. The molecule has 1 heterocycles. The maximum atomic E-state index is 12.1. The molecule has 0 atom stereocenters. The number of halogens is 1. The molecule has 1 amide bonds. The molecule has 0 aliphatic carbocycles. The summed E-state index contributed by atoms with van der Waals surface area (Å²) in [5, 5.41) is 7.51. The second kappa shape index (κ2) is 6.20. The van der Waals surface area contributed by atoms with Gasteiger partial charge in [0, 0.05) is 16.4 Å². The van der Waals surface area contributed by atoms with Crippen LogP contribution in [0.2, 0.25) is 0 Å². The Kier molecular flexibility index (Phi) is 4.56. The minimum atomic E-state index is -3.86. The molecule has 21 heavy (non-hydrogen) atoms. The fourth-order valence-corrected chi connectivity index (χ4v) is 2.46. The number of pyridine rings is 1. The summed E-state index contributed by atoms with van der Waals surface area (Å²) in [5.41, 5.74) is 0.879. The van der Waals surface area contributed by atoms with Crippen molar-refractivity contribution in [2.45, 2.75) is 0 Å². The monoisotopic (exact) mass is 370 g/mol. The summed E-state index contributed by atoms with van der Waals surface area (Å²) in [4.78, 5) is 16.0. The van der Waals surface area contributed by atoms with E-state index in [1.54, 1.807) is 24.3 Å². The zero-order chi connectivity index (χ0) is 15.5. The highest BCUT2D eigenvalue weighted by Crippen LogP contribution is 2.18. The molecule has 7 nitrogen and oxygen atoms in total. The molecule has 0 aliphatic heterocycles. The van der Waals surface area contributed by atoms with Crippen LogP contribution in [0.4, 0.5) is 11.4 Å². The third-order valence-electron chi connectivity index (χ3n) is 2.35. The molecule has 110 valence electrons. The van der Waals surface area contributed by atoms with Gasteiger partial charge in [0.15, 0.2) is 0 Å². The van der Waals surface area contributed by atoms with E-state index in [1.165, 1.54) is 18.3 Å². The summed E-state index contributed by atoms with van der Waals surface area (Å²) in [6.07, 6.45) is 1.50. The molecule has 0 unspecified atom stereocenters. The summed E-state index contributed by atoms with van der Waals surface area (Å²) in [7, 11) is -3.86. The average Bonchev–Trinajstić information content (AvgIpc) is 2.37. The third-order valence-corrected chi connectivity index (χ3v) is 3.51. The van der Waals surface area contributed by atoms with Crippen molar-refractivity contribution in [2.75, 3.05) is 10.0 Å². The number of hydrogen-bond acceptors (Lipinski definition) is 4. The number of carbonyl (C=O) groups is 1. The Morgan fingerprint density at radius 3 is 2.57 bits per heavy atom. The lowest BCUT2D eigenvalue weighted by molar-refractivity contribution is 0.102. The summed E-state index contributed by atoms with van der Waals surface area (Å²) < 4.78 is 24.6. The van der Waals surface area contributed by atoms with Crippen LogP contribution in [-0.2, 0) is 10.2 Å². The second-order valence-electron chi connectivity index (χ2n) is 4.02. The van der Waals surface area contributed by atoms with Gasteiger partial charge in [0.1, 0.15) is 5.69 Å². The van der Waals surface area contributed by atoms with Crippen LogP contribution < -0.4 is 15.2 Å². The minimum Gasteiger partial charge on any atom is -0.321 e. The third kappa shape index (κ3) is 4.52. The van der Waals surface area contributed by atoms with Crippen molar-refractivity contribution in [1.82, 2.24) is 4.98 Å². The Bertz CT molecular complexity index is 780. The van der Waals surface area contributed by atoms with E-state index in [0.717, 1.165) is 0 Å². The maximum Gasteiger partial charge on any atom is 0.296 e. The molecule has 0 saturated carbocycles. The van der Waals surface area contributed by atoms with E-state index >= 15 is 0 Å². The number of benzene rings is 1. The Morgan fingerprint density at radius 1 is 1.19 bits per heavy atom. The van der Waals surface area contributed by atoms with Crippen LogP contribution in [0.3, 0.4) is 0 Å². The Hall–Kier alpha value is -1.97. The number of nitrogens with zero attached hydrogens (tertiary/aromatic N) is 1. The number of anilines is 2. The summed E-state index contributed by atoms with van der Waals surface area (Å²) in [5.74, 6) is -0.421. The molecule has 0 aliphatic rings. The van der Waals surface area contributed by atoms with Crippen molar-refractivity contribution in [2.24, 2.45) is 5.14 Å². The van der Waals surface area contributed by atoms with Crippen molar-refractivity contribution in [1.29, 1.82) is 0 Å². The standard InChI is InChI=1S/C12H11BrN4O3S/c13-10-5-2-6-15-11(10)12(18)16-8-3-1-4-9(7-8)17-21(14,19)20/h1-7,17H,(H,16,18)(H2,14,19,20). The molecule has 9 heteroatoms. The lowest BCUT2D eigenvalue weighted by Crippen LogP contribution is -2.21. The van der Waals surface area contributed by atoms with Gasteiger partial charge < -0.3 is 5.32 Å². The predicted octanol–water partition coefficient (Wildman–Crippen LogP) is 1.71. The fourth-order valence-electron chi connectivity index (χ4n) is 1.57. The number of nitrogens with one attached hydrogen (secondary N) is 2. The van der Waals surface area contributed by atoms with Gasteiger partial charge in [-0.1, -0.05) is 6.07 Å². The van der Waals surface area contributed by atoms with Gasteiger partial charge in [-0.3, -0.25) is 9.52 Å². The highest BCUT2D eigenvalue weighted by Gasteiger charge is 2.11. The van der Waals surface area contributed by atoms with Crippen molar-refractivity contribution >= 4 is 43.4 Å². The molecule has 2 rings (SSSR count). The number of nitrogens with two attached hydrogens (primary N) is 1. The van der Waals surface area contributed by atoms with Crippen LogP contribution in [0.15, 0.2) is 47.1 Å². The summed E-state index contributed by atoms with van der Waals surface area (Å²) >= 11 is 3.23. The van der Waals surface area contributed by atoms with E-state index in [9.17, 15) is 13.2 Å². The SMILES string of the molecule is NS(=O)(=O)Nc1cccc(NC(=O)c2ncccc2Br)c1. The van der Waals surface area contributed by atoms with Gasteiger partial charge in [-0.25, -0.2) is 10.1 Å². The molecule has 4 N–H and O–H groups in total. The molecule has 2 aromatic rings. The Balaban J connectivity index is 2.19. The first-order valence-corrected chi connectivity index (χ1v) is 8.01. The highest BCUT2D eigenvalue weighted by molar-refractivity contribution is 9.10. The molecule has 0 saturated heterocycles. The van der Waals surface area contributed by atoms with Crippen molar-refractivity contribution in [3.63, 3.8) is 0 Å². The molecular formula is C12H11BrN4O3S. The van der Waals surface area contributed by atoms with E-state index in [4.69, 9.17) is 5.14 Å². The van der Waals surface area contributed by atoms with Gasteiger partial charge in [-0.15, -0.1) is 0 Å². The van der Waals surface area contributed by atoms with Crippen LogP contribution in [0.5, 0.6) is 0 Å². The van der Waals surface area contributed by atoms with Gasteiger partial charge in [0.25, 0.3) is 16.1 Å². The van der Waals surface area contributed by atoms with E-state index in [-0.39, 0.29) is 11.4 Å². The highest BCUT2D eigenvalue weighted by atomic mass is 79.9.